The maximum absolute atomic E-state index is 5.29. The Labute approximate surface area is 231 Å². The van der Waals surface area contributed by atoms with E-state index in [1.165, 1.54) is 43.3 Å². The van der Waals surface area contributed by atoms with Crippen molar-refractivity contribution in [2.45, 2.75) is 41.5 Å². The number of benzene rings is 3. The van der Waals surface area contributed by atoms with Crippen LogP contribution in [0.4, 0.5) is 0 Å². The second kappa shape index (κ2) is 17.7. The van der Waals surface area contributed by atoms with Crippen LogP contribution in [-0.2, 0) is 16.2 Å². The molecule has 194 valence electrons. The van der Waals surface area contributed by atoms with Crippen LogP contribution < -0.4 is 15.4 Å². The molecule has 0 saturated carbocycles. The van der Waals surface area contributed by atoms with Crippen LogP contribution in [0.15, 0.2) is 48.5 Å². The summed E-state index contributed by atoms with van der Waals surface area (Å²) in [5.74, 6) is 0.949. The summed E-state index contributed by atoms with van der Waals surface area (Å²) in [5.41, 5.74) is 8.74. The van der Waals surface area contributed by atoms with E-state index in [1.54, 1.807) is 7.11 Å². The molecule has 0 spiro atoms. The van der Waals surface area contributed by atoms with E-state index in [9.17, 15) is 0 Å². The van der Waals surface area contributed by atoms with Gasteiger partial charge in [-0.3, -0.25) is 0 Å². The number of aryl methyl sites for hydroxylation is 6. The Bertz CT molecular complexity index is 967. The van der Waals surface area contributed by atoms with Crippen LogP contribution in [0, 0.1) is 53.7 Å². The molecule has 0 amide bonds. The van der Waals surface area contributed by atoms with Gasteiger partial charge in [0.25, 0.3) is 0 Å². The fraction of sp³-hybridized carbons (Fsp3) is 0.310. The summed E-state index contributed by atoms with van der Waals surface area (Å²) >= 11 is 0.0899. The van der Waals surface area contributed by atoms with Crippen LogP contribution in [0.1, 0.15) is 38.9 Å². The molecular formula is C29H38Cl2N2ORu-2. The van der Waals surface area contributed by atoms with Crippen molar-refractivity contribution >= 4 is 33.8 Å². The summed E-state index contributed by atoms with van der Waals surface area (Å²) in [6.07, 6.45) is 0. The topological polar surface area (TPSA) is 33.3 Å². The van der Waals surface area contributed by atoms with Gasteiger partial charge in [-0.25, -0.2) is 0 Å². The first-order chi connectivity index (χ1) is 15.8. The molecule has 3 aromatic carbocycles. The van der Waals surface area contributed by atoms with Gasteiger partial charge >= 0.3 is 96.3 Å². The Balaban J connectivity index is 0.000000507. The normalized spacial score (nSPS) is 11.6. The minimum absolute atomic E-state index is 0. The van der Waals surface area contributed by atoms with E-state index >= 15 is 0 Å². The molecule has 0 radical (unpaired) electrons. The molecule has 0 aromatic heterocycles. The van der Waals surface area contributed by atoms with Gasteiger partial charge in [0.15, 0.2) is 0 Å². The molecule has 0 aliphatic carbocycles. The SMILES string of the molecule is COc1ccccc1[CH]=[Ru]=[C]1NCCN1.Cc1[c-]c(C)cc(C)c1.Cc1[c-]c(C)cc(C)c1.Cl.Cl. The smallest absolute Gasteiger partial charge is 0.0626 e. The van der Waals surface area contributed by atoms with Crippen LogP contribution in [0.5, 0.6) is 5.75 Å². The Morgan fingerprint density at radius 2 is 1.17 bits per heavy atom. The molecule has 1 heterocycles. The summed E-state index contributed by atoms with van der Waals surface area (Å²) in [5, 5.41) is 6.68. The molecule has 1 saturated heterocycles. The monoisotopic (exact) mass is 602 g/mol. The minimum atomic E-state index is 0. The molecule has 6 heteroatoms. The summed E-state index contributed by atoms with van der Waals surface area (Å²) in [6.45, 7) is 14.6. The van der Waals surface area contributed by atoms with Crippen molar-refractivity contribution in [2.75, 3.05) is 20.2 Å². The maximum atomic E-state index is 5.29. The number of rotatable bonds is 2. The van der Waals surface area contributed by atoms with Crippen molar-refractivity contribution in [2.24, 2.45) is 0 Å². The third-order valence-electron chi connectivity index (χ3n) is 4.64. The fourth-order valence-electron chi connectivity index (χ4n) is 3.55. The standard InChI is InChI=1S/2C9H11.C8H8O.C3H6N2.2ClH.Ru/c2*1-7-4-8(2)6-9(3)5-7;1-7-5-3-4-6-8(7)9-2;1-2-5-3-4-1;;;/h2*4-5H,1-3H3;1,3-6H,2H3;4-5H,1-2H2;2*1H;/q2*-1;;;;;. The molecule has 4 rings (SSSR count). The van der Waals surface area contributed by atoms with Crippen molar-refractivity contribution in [3.8, 4) is 5.75 Å². The summed E-state index contributed by atoms with van der Waals surface area (Å²) in [6, 6.07) is 23.1. The van der Waals surface area contributed by atoms with Gasteiger partial charge in [-0.2, -0.15) is 69.8 Å². The van der Waals surface area contributed by atoms with Crippen molar-refractivity contribution in [1.82, 2.24) is 10.6 Å². The number of methoxy groups -OCH3 is 1. The Hall–Kier alpha value is -1.68. The van der Waals surface area contributed by atoms with Gasteiger partial charge < -0.3 is 0 Å². The number of hydrogen-bond acceptors (Lipinski definition) is 3. The second-order valence-electron chi connectivity index (χ2n) is 8.15. The average Bonchev–Trinajstić information content (AvgIpc) is 3.25. The van der Waals surface area contributed by atoms with Gasteiger partial charge in [0.1, 0.15) is 0 Å². The van der Waals surface area contributed by atoms with Gasteiger partial charge in [0.2, 0.25) is 0 Å². The van der Waals surface area contributed by atoms with Gasteiger partial charge in [0, 0.05) is 0 Å². The Morgan fingerprint density at radius 3 is 1.57 bits per heavy atom. The van der Waals surface area contributed by atoms with Crippen LogP contribution in [-0.4, -0.2) is 29.2 Å². The summed E-state index contributed by atoms with van der Waals surface area (Å²) in [7, 11) is 1.71. The number of ether oxygens (including phenoxy) is 1. The summed E-state index contributed by atoms with van der Waals surface area (Å²) in [4.78, 5) is 0. The van der Waals surface area contributed by atoms with Crippen LogP contribution >= 0.6 is 24.8 Å². The molecule has 3 aromatic rings. The fourth-order valence-corrected chi connectivity index (χ4v) is 5.27. The third-order valence-corrected chi connectivity index (χ3v) is 6.55. The summed E-state index contributed by atoms with van der Waals surface area (Å²) < 4.78 is 8.84. The largest absolute Gasteiger partial charge is 0.177 e. The molecule has 3 nitrogen and oxygen atoms in total. The predicted octanol–water partition coefficient (Wildman–Crippen LogP) is 5.88. The van der Waals surface area contributed by atoms with Gasteiger partial charge in [-0.05, 0) is 0 Å². The third kappa shape index (κ3) is 13.3. The molecule has 0 bridgehead atoms. The van der Waals surface area contributed by atoms with E-state index in [0.717, 1.165) is 18.8 Å². The molecular weight excluding hydrogens is 564 g/mol. The van der Waals surface area contributed by atoms with Crippen LogP contribution in [0.3, 0.4) is 0 Å². The molecule has 1 aliphatic rings. The van der Waals surface area contributed by atoms with Crippen molar-refractivity contribution in [3.63, 3.8) is 0 Å². The molecule has 2 N–H and O–H groups in total. The minimum Gasteiger partial charge on any atom is -0.177 e. The van der Waals surface area contributed by atoms with Crippen LogP contribution in [0.25, 0.3) is 0 Å². The number of para-hydroxylation sites is 1. The van der Waals surface area contributed by atoms with Gasteiger partial charge in [0.05, 0.1) is 0 Å². The zero-order valence-electron chi connectivity index (χ0n) is 21.7. The Morgan fingerprint density at radius 1 is 0.743 bits per heavy atom. The molecule has 1 fully saturated rings. The van der Waals surface area contributed by atoms with E-state index in [4.69, 9.17) is 4.74 Å². The quantitative estimate of drug-likeness (QED) is 0.284. The van der Waals surface area contributed by atoms with Crippen molar-refractivity contribution in [3.05, 3.63) is 99.6 Å². The van der Waals surface area contributed by atoms with E-state index in [1.807, 2.05) is 18.2 Å². The second-order valence-corrected chi connectivity index (χ2v) is 10.0. The molecule has 1 aliphatic heterocycles. The number of hydrogen-bond donors (Lipinski definition) is 2. The first-order valence-corrected chi connectivity index (χ1v) is 13.0. The van der Waals surface area contributed by atoms with Crippen molar-refractivity contribution in [1.29, 1.82) is 0 Å². The molecule has 0 atom stereocenters. The molecule has 0 unspecified atom stereocenters. The van der Waals surface area contributed by atoms with Crippen molar-refractivity contribution < 1.29 is 21.0 Å². The first kappa shape index (κ1) is 33.3. The van der Waals surface area contributed by atoms with Gasteiger partial charge in [-0.1, -0.05) is 41.5 Å². The maximum Gasteiger partial charge on any atom is -0.0626 e. The van der Waals surface area contributed by atoms with Gasteiger partial charge in [-0.15, -0.1) is 24.8 Å². The average molecular weight is 603 g/mol. The van der Waals surface area contributed by atoms with E-state index in [2.05, 4.69) is 99.2 Å². The zero-order chi connectivity index (χ0) is 24.2. The van der Waals surface area contributed by atoms with E-state index < -0.39 is 0 Å². The van der Waals surface area contributed by atoms with E-state index in [-0.39, 0.29) is 41.0 Å². The Kier molecular flexibility index (Phi) is 16.9. The molecule has 35 heavy (non-hydrogen) atoms. The number of nitrogens with one attached hydrogen (secondary N) is 2. The predicted molar refractivity (Wildman–Crippen MR) is 153 cm³/mol. The first-order valence-electron chi connectivity index (χ1n) is 11.1. The zero-order valence-corrected chi connectivity index (χ0v) is 25.1. The van der Waals surface area contributed by atoms with Crippen LogP contribution in [0.2, 0.25) is 0 Å². The number of halogens is 2. The van der Waals surface area contributed by atoms with E-state index in [0.29, 0.717) is 0 Å².